The number of carbonyl (C=O) groups excluding carboxylic acids is 1. The number of hydrogen-bond acceptors (Lipinski definition) is 1. The van der Waals surface area contributed by atoms with Crippen LogP contribution in [0.1, 0.15) is 10.4 Å². The van der Waals surface area contributed by atoms with E-state index >= 15 is 0 Å². The highest BCUT2D eigenvalue weighted by Crippen LogP contribution is 2.26. The largest absolute Gasteiger partial charge is 0.350 e. The van der Waals surface area contributed by atoms with Crippen molar-refractivity contribution in [3.8, 4) is 0 Å². The van der Waals surface area contributed by atoms with E-state index < -0.39 is 0 Å². The van der Waals surface area contributed by atoms with Crippen molar-refractivity contribution in [2.45, 2.75) is 0 Å². The molecule has 114 valence electrons. The number of carbonyl (C=O) groups is 1. The Morgan fingerprint density at radius 3 is 2.48 bits per heavy atom. The molecule has 1 amide bonds. The number of rotatable bonds is 2. The van der Waals surface area contributed by atoms with Crippen LogP contribution in [0.25, 0.3) is 21.8 Å². The van der Waals surface area contributed by atoms with Gasteiger partial charge in [0.05, 0.1) is 11.3 Å². The Morgan fingerprint density at radius 1 is 0.870 bits per heavy atom. The van der Waals surface area contributed by atoms with E-state index in [-0.39, 0.29) is 5.91 Å². The van der Waals surface area contributed by atoms with E-state index in [1.54, 1.807) is 0 Å². The molecule has 0 bridgehead atoms. The lowest BCUT2D eigenvalue weighted by Gasteiger charge is -2.06. The van der Waals surface area contributed by atoms with E-state index in [2.05, 4.69) is 5.32 Å². The SMILES string of the molecule is Cn1ccc2c(NC(=O)c3cn(C)c4ccccc34)cccc21. The summed E-state index contributed by atoms with van der Waals surface area (Å²) in [4.78, 5) is 12.8. The van der Waals surface area contributed by atoms with Crippen LogP contribution in [0, 0.1) is 0 Å². The quantitative estimate of drug-likeness (QED) is 0.599. The molecule has 2 aromatic carbocycles. The smallest absolute Gasteiger partial charge is 0.257 e. The fraction of sp³-hybridized carbons (Fsp3) is 0.105. The number of anilines is 1. The Balaban J connectivity index is 1.77. The van der Waals surface area contributed by atoms with Gasteiger partial charge in [0.15, 0.2) is 0 Å². The highest BCUT2D eigenvalue weighted by Gasteiger charge is 2.15. The molecule has 0 aliphatic carbocycles. The molecule has 0 saturated heterocycles. The molecule has 0 aliphatic rings. The summed E-state index contributed by atoms with van der Waals surface area (Å²) < 4.78 is 4.02. The molecular weight excluding hydrogens is 286 g/mol. The molecule has 23 heavy (non-hydrogen) atoms. The maximum atomic E-state index is 12.8. The number of amides is 1. The van der Waals surface area contributed by atoms with Crippen molar-refractivity contribution in [1.82, 2.24) is 9.13 Å². The summed E-state index contributed by atoms with van der Waals surface area (Å²) in [5, 5.41) is 5.06. The van der Waals surface area contributed by atoms with E-state index in [4.69, 9.17) is 0 Å². The van der Waals surface area contributed by atoms with Gasteiger partial charge in [-0.3, -0.25) is 4.79 Å². The number of para-hydroxylation sites is 1. The number of aromatic nitrogens is 2. The summed E-state index contributed by atoms with van der Waals surface area (Å²) in [5.41, 5.74) is 3.67. The molecule has 0 fully saturated rings. The van der Waals surface area contributed by atoms with E-state index in [1.807, 2.05) is 84.2 Å². The van der Waals surface area contributed by atoms with Crippen LogP contribution in [0.3, 0.4) is 0 Å². The van der Waals surface area contributed by atoms with Crippen molar-refractivity contribution in [2.24, 2.45) is 14.1 Å². The molecule has 0 saturated carbocycles. The summed E-state index contributed by atoms with van der Waals surface area (Å²) in [6.07, 6.45) is 3.88. The summed E-state index contributed by atoms with van der Waals surface area (Å²) in [7, 11) is 3.95. The molecule has 4 nitrogen and oxygen atoms in total. The van der Waals surface area contributed by atoms with Gasteiger partial charge in [0.25, 0.3) is 5.91 Å². The van der Waals surface area contributed by atoms with Crippen molar-refractivity contribution in [3.63, 3.8) is 0 Å². The minimum Gasteiger partial charge on any atom is -0.350 e. The predicted molar refractivity (Wildman–Crippen MR) is 93.8 cm³/mol. The molecule has 0 aliphatic heterocycles. The average Bonchev–Trinajstić information content (AvgIpc) is 3.10. The number of aryl methyl sites for hydroxylation is 2. The topological polar surface area (TPSA) is 39.0 Å². The van der Waals surface area contributed by atoms with E-state index in [1.165, 1.54) is 0 Å². The minimum atomic E-state index is -0.0850. The summed E-state index contributed by atoms with van der Waals surface area (Å²) >= 11 is 0. The second kappa shape index (κ2) is 5.02. The summed E-state index contributed by atoms with van der Waals surface area (Å²) in [6, 6.07) is 15.9. The Hall–Kier alpha value is -3.01. The van der Waals surface area contributed by atoms with Gasteiger partial charge in [-0.25, -0.2) is 0 Å². The van der Waals surface area contributed by atoms with Gasteiger partial charge in [-0.1, -0.05) is 24.3 Å². The fourth-order valence-corrected chi connectivity index (χ4v) is 3.12. The zero-order valence-electron chi connectivity index (χ0n) is 13.1. The number of nitrogens with zero attached hydrogens (tertiary/aromatic N) is 2. The Labute approximate surface area is 133 Å². The van der Waals surface area contributed by atoms with Crippen LogP contribution in [-0.4, -0.2) is 15.0 Å². The molecule has 2 aromatic heterocycles. The molecular formula is C19H17N3O. The van der Waals surface area contributed by atoms with E-state index in [9.17, 15) is 4.79 Å². The molecule has 4 aromatic rings. The van der Waals surface area contributed by atoms with E-state index in [0.717, 1.165) is 27.5 Å². The molecule has 2 heterocycles. The lowest BCUT2D eigenvalue weighted by molar-refractivity contribution is 0.102. The van der Waals surface area contributed by atoms with Crippen molar-refractivity contribution < 1.29 is 4.79 Å². The van der Waals surface area contributed by atoms with Crippen LogP contribution in [-0.2, 0) is 14.1 Å². The first-order chi connectivity index (χ1) is 11.1. The first kappa shape index (κ1) is 13.6. The zero-order valence-corrected chi connectivity index (χ0v) is 13.1. The third-order valence-corrected chi connectivity index (χ3v) is 4.32. The van der Waals surface area contributed by atoms with Crippen LogP contribution in [0.15, 0.2) is 60.9 Å². The van der Waals surface area contributed by atoms with Crippen LogP contribution in [0.4, 0.5) is 5.69 Å². The summed E-state index contributed by atoms with van der Waals surface area (Å²) in [5.74, 6) is -0.0850. The van der Waals surface area contributed by atoms with Gasteiger partial charge < -0.3 is 14.5 Å². The molecule has 0 spiro atoms. The van der Waals surface area contributed by atoms with Crippen LogP contribution in [0.2, 0.25) is 0 Å². The van der Waals surface area contributed by atoms with Crippen LogP contribution < -0.4 is 5.32 Å². The van der Waals surface area contributed by atoms with Crippen molar-refractivity contribution in [1.29, 1.82) is 0 Å². The zero-order chi connectivity index (χ0) is 16.0. The van der Waals surface area contributed by atoms with Gasteiger partial charge >= 0.3 is 0 Å². The van der Waals surface area contributed by atoms with Gasteiger partial charge in [0, 0.05) is 48.3 Å². The maximum Gasteiger partial charge on any atom is 0.257 e. The lowest BCUT2D eigenvalue weighted by atomic mass is 10.1. The van der Waals surface area contributed by atoms with Gasteiger partial charge in [0.1, 0.15) is 0 Å². The van der Waals surface area contributed by atoms with Crippen LogP contribution >= 0.6 is 0 Å². The Bertz CT molecular complexity index is 1040. The fourth-order valence-electron chi connectivity index (χ4n) is 3.12. The Kier molecular flexibility index (Phi) is 2.98. The molecule has 1 N–H and O–H groups in total. The third-order valence-electron chi connectivity index (χ3n) is 4.32. The molecule has 0 unspecified atom stereocenters. The summed E-state index contributed by atoms with van der Waals surface area (Å²) in [6.45, 7) is 0. The van der Waals surface area contributed by atoms with Gasteiger partial charge in [-0.15, -0.1) is 0 Å². The number of fused-ring (bicyclic) bond motifs is 2. The van der Waals surface area contributed by atoms with Crippen molar-refractivity contribution in [3.05, 3.63) is 66.5 Å². The number of nitrogens with one attached hydrogen (secondary N) is 1. The molecule has 0 atom stereocenters. The second-order valence-corrected chi connectivity index (χ2v) is 5.79. The van der Waals surface area contributed by atoms with Gasteiger partial charge in [0.2, 0.25) is 0 Å². The number of hydrogen-bond donors (Lipinski definition) is 1. The second-order valence-electron chi connectivity index (χ2n) is 5.79. The van der Waals surface area contributed by atoms with Gasteiger partial charge in [-0.05, 0) is 24.3 Å². The van der Waals surface area contributed by atoms with Gasteiger partial charge in [-0.2, -0.15) is 0 Å². The highest BCUT2D eigenvalue weighted by atomic mass is 16.1. The van der Waals surface area contributed by atoms with Crippen LogP contribution in [0.5, 0.6) is 0 Å². The molecule has 4 heteroatoms. The average molecular weight is 303 g/mol. The standard InChI is InChI=1S/C19H17N3O/c1-21-11-10-14-16(7-5-9-18(14)21)20-19(23)15-12-22(2)17-8-4-3-6-13(15)17/h3-12H,1-2H3,(H,20,23). The normalized spacial score (nSPS) is 11.2. The molecule has 0 radical (unpaired) electrons. The van der Waals surface area contributed by atoms with Crippen molar-refractivity contribution >= 4 is 33.4 Å². The predicted octanol–water partition coefficient (Wildman–Crippen LogP) is 3.92. The van der Waals surface area contributed by atoms with Crippen molar-refractivity contribution in [2.75, 3.05) is 5.32 Å². The molecule has 4 rings (SSSR count). The Morgan fingerprint density at radius 2 is 1.61 bits per heavy atom. The van der Waals surface area contributed by atoms with E-state index in [0.29, 0.717) is 5.56 Å². The first-order valence-electron chi connectivity index (χ1n) is 7.54. The monoisotopic (exact) mass is 303 g/mol. The third kappa shape index (κ3) is 2.11. The number of benzene rings is 2. The highest BCUT2D eigenvalue weighted by molar-refractivity contribution is 6.15. The minimum absolute atomic E-state index is 0.0850. The first-order valence-corrected chi connectivity index (χ1v) is 7.54. The lowest BCUT2D eigenvalue weighted by Crippen LogP contribution is -2.11. The maximum absolute atomic E-state index is 12.8.